The zero-order valence-electron chi connectivity index (χ0n) is 14.7. The molecule has 0 amide bonds. The molecule has 25 heavy (non-hydrogen) atoms. The molecule has 4 nitrogen and oxygen atoms in total. The van der Waals surface area contributed by atoms with E-state index in [4.69, 9.17) is 0 Å². The second-order valence-corrected chi connectivity index (χ2v) is 8.43. The minimum atomic E-state index is 0. The fourth-order valence-electron chi connectivity index (χ4n) is 2.83. The summed E-state index contributed by atoms with van der Waals surface area (Å²) in [6, 6.07) is 8.52. The van der Waals surface area contributed by atoms with E-state index in [0.717, 1.165) is 23.2 Å². The zero-order valence-corrected chi connectivity index (χ0v) is 19.5. The quantitative estimate of drug-likeness (QED) is 0.336. The minimum Gasteiger partial charge on any atom is -0.356 e. The van der Waals surface area contributed by atoms with Crippen molar-refractivity contribution in [3.8, 4) is 0 Å². The van der Waals surface area contributed by atoms with Crippen molar-refractivity contribution in [1.29, 1.82) is 0 Å². The van der Waals surface area contributed by atoms with Gasteiger partial charge in [0.2, 0.25) is 0 Å². The van der Waals surface area contributed by atoms with E-state index in [9.17, 15) is 0 Å². The van der Waals surface area contributed by atoms with Crippen LogP contribution in [-0.4, -0.2) is 24.5 Å². The molecule has 0 unspecified atom stereocenters. The number of aliphatic imine (C=N–C) groups is 1. The number of hydrogen-bond donors (Lipinski definition) is 2. The van der Waals surface area contributed by atoms with Crippen LogP contribution < -0.4 is 10.6 Å². The highest BCUT2D eigenvalue weighted by atomic mass is 127. The van der Waals surface area contributed by atoms with Gasteiger partial charge >= 0.3 is 0 Å². The number of thiazole rings is 1. The molecule has 1 aliphatic carbocycles. The number of hydrogen-bond acceptors (Lipinski definition) is 3. The molecule has 1 aliphatic rings. The molecule has 1 aromatic carbocycles. The normalized spacial score (nSPS) is 15.4. The monoisotopic (exact) mass is 534 g/mol. The number of aromatic nitrogens is 1. The summed E-state index contributed by atoms with van der Waals surface area (Å²) in [6.45, 7) is 5.77. The third kappa shape index (κ3) is 4.95. The first kappa shape index (κ1) is 20.6. The molecular weight excluding hydrogens is 511 g/mol. The average molecular weight is 535 g/mol. The van der Waals surface area contributed by atoms with Crippen LogP contribution in [-0.2, 0) is 12.0 Å². The first-order chi connectivity index (χ1) is 11.5. The molecule has 3 rings (SSSR count). The first-order valence-corrected chi connectivity index (χ1v) is 9.77. The van der Waals surface area contributed by atoms with Gasteiger partial charge in [0.1, 0.15) is 5.01 Å². The molecule has 136 valence electrons. The number of halogens is 2. The van der Waals surface area contributed by atoms with E-state index in [-0.39, 0.29) is 29.4 Å². The number of rotatable bonds is 5. The summed E-state index contributed by atoms with van der Waals surface area (Å²) in [5.41, 5.74) is 2.73. The van der Waals surface area contributed by atoms with E-state index < -0.39 is 0 Å². The Hall–Kier alpha value is -0.670. The standard InChI is InChI=1S/C18H23BrN4S.HI/c1-12-13(2)24-16(23-12)10-21-17(20-3)22-11-18(8-9-18)14-6-4-5-7-15(14)19;/h4-7H,8-11H2,1-3H3,(H2,20,21,22);1H. The van der Waals surface area contributed by atoms with E-state index in [2.05, 4.69) is 74.7 Å². The lowest BCUT2D eigenvalue weighted by Gasteiger charge is -2.20. The van der Waals surface area contributed by atoms with Gasteiger partial charge in [0.05, 0.1) is 12.2 Å². The van der Waals surface area contributed by atoms with Crippen LogP contribution in [0.5, 0.6) is 0 Å². The Labute approximate surface area is 179 Å². The maximum atomic E-state index is 4.56. The predicted octanol–water partition coefficient (Wildman–Crippen LogP) is 4.54. The van der Waals surface area contributed by atoms with E-state index in [0.29, 0.717) is 6.54 Å². The van der Waals surface area contributed by atoms with Crippen molar-refractivity contribution in [3.05, 3.63) is 49.9 Å². The molecule has 2 aromatic rings. The highest BCUT2D eigenvalue weighted by molar-refractivity contribution is 14.0. The fraction of sp³-hybridized carbons (Fsp3) is 0.444. The smallest absolute Gasteiger partial charge is 0.191 e. The van der Waals surface area contributed by atoms with Crippen LogP contribution >= 0.6 is 51.2 Å². The van der Waals surface area contributed by atoms with Gasteiger partial charge in [-0.15, -0.1) is 35.3 Å². The number of guanidine groups is 1. The van der Waals surface area contributed by atoms with Crippen LogP contribution in [0.4, 0.5) is 0 Å². The SMILES string of the molecule is CN=C(NCc1nc(C)c(C)s1)NCC1(c2ccccc2Br)CC1.I. The first-order valence-electron chi connectivity index (χ1n) is 8.16. The second-order valence-electron chi connectivity index (χ2n) is 6.29. The summed E-state index contributed by atoms with van der Waals surface area (Å²) in [7, 11) is 1.81. The summed E-state index contributed by atoms with van der Waals surface area (Å²) in [5.74, 6) is 0.832. The lowest BCUT2D eigenvalue weighted by Crippen LogP contribution is -2.41. The Kier molecular flexibility index (Phi) is 7.28. The van der Waals surface area contributed by atoms with Gasteiger partial charge in [-0.2, -0.15) is 0 Å². The van der Waals surface area contributed by atoms with E-state index in [1.54, 1.807) is 11.3 Å². The molecule has 0 radical (unpaired) electrons. The second kappa shape index (κ2) is 8.81. The third-order valence-corrected chi connectivity index (χ3v) is 6.36. The Bertz CT molecular complexity index is 736. The molecule has 7 heteroatoms. The van der Waals surface area contributed by atoms with Gasteiger partial charge < -0.3 is 10.6 Å². The Morgan fingerprint density at radius 3 is 2.56 bits per heavy atom. The Morgan fingerprint density at radius 2 is 2.00 bits per heavy atom. The highest BCUT2D eigenvalue weighted by Crippen LogP contribution is 2.49. The molecule has 0 atom stereocenters. The van der Waals surface area contributed by atoms with Crippen molar-refractivity contribution in [3.63, 3.8) is 0 Å². The van der Waals surface area contributed by atoms with Gasteiger partial charge in [-0.1, -0.05) is 34.1 Å². The summed E-state index contributed by atoms with van der Waals surface area (Å²) >= 11 is 5.43. The summed E-state index contributed by atoms with van der Waals surface area (Å²) in [6.07, 6.45) is 2.43. The van der Waals surface area contributed by atoms with E-state index in [1.807, 2.05) is 7.05 Å². The van der Waals surface area contributed by atoms with Crippen molar-refractivity contribution >= 4 is 57.2 Å². The number of benzene rings is 1. The molecular formula is C18H24BrIN4S. The van der Waals surface area contributed by atoms with E-state index >= 15 is 0 Å². The van der Waals surface area contributed by atoms with Crippen LogP contribution in [0.2, 0.25) is 0 Å². The summed E-state index contributed by atoms with van der Waals surface area (Å²) < 4.78 is 1.20. The number of nitrogens with one attached hydrogen (secondary N) is 2. The van der Waals surface area contributed by atoms with Crippen molar-refractivity contribution < 1.29 is 0 Å². The Morgan fingerprint density at radius 1 is 1.28 bits per heavy atom. The van der Waals surface area contributed by atoms with Gasteiger partial charge in [0, 0.05) is 28.4 Å². The highest BCUT2D eigenvalue weighted by Gasteiger charge is 2.45. The molecule has 0 saturated heterocycles. The molecule has 2 N–H and O–H groups in total. The maximum absolute atomic E-state index is 4.56. The lowest BCUT2D eigenvalue weighted by atomic mass is 9.96. The van der Waals surface area contributed by atoms with E-state index in [1.165, 1.54) is 27.8 Å². The largest absolute Gasteiger partial charge is 0.356 e. The molecule has 1 aromatic heterocycles. The third-order valence-electron chi connectivity index (χ3n) is 4.60. The molecule has 0 bridgehead atoms. The van der Waals surface area contributed by atoms with Gasteiger partial charge in [-0.25, -0.2) is 4.98 Å². The average Bonchev–Trinajstić information content (AvgIpc) is 3.28. The lowest BCUT2D eigenvalue weighted by molar-refractivity contribution is 0.643. The fourth-order valence-corrected chi connectivity index (χ4v) is 4.41. The van der Waals surface area contributed by atoms with Crippen molar-refractivity contribution in [1.82, 2.24) is 15.6 Å². The zero-order chi connectivity index (χ0) is 17.2. The van der Waals surface area contributed by atoms with Gasteiger partial charge in [-0.3, -0.25) is 4.99 Å². The molecule has 1 saturated carbocycles. The predicted molar refractivity (Wildman–Crippen MR) is 120 cm³/mol. The molecule has 1 fully saturated rings. The van der Waals surface area contributed by atoms with Crippen LogP contribution in [0, 0.1) is 13.8 Å². The van der Waals surface area contributed by atoms with Gasteiger partial charge in [0.25, 0.3) is 0 Å². The topological polar surface area (TPSA) is 49.3 Å². The van der Waals surface area contributed by atoms with Crippen LogP contribution in [0.25, 0.3) is 0 Å². The molecule has 1 heterocycles. The number of aryl methyl sites for hydroxylation is 2. The maximum Gasteiger partial charge on any atom is 0.191 e. The van der Waals surface area contributed by atoms with Crippen molar-refractivity contribution in [2.24, 2.45) is 4.99 Å². The summed E-state index contributed by atoms with van der Waals surface area (Å²) in [5, 5.41) is 7.95. The van der Waals surface area contributed by atoms with Crippen LogP contribution in [0.15, 0.2) is 33.7 Å². The van der Waals surface area contributed by atoms with Gasteiger partial charge in [-0.05, 0) is 38.3 Å². The Balaban J connectivity index is 0.00000225. The minimum absolute atomic E-state index is 0. The number of nitrogens with zero attached hydrogens (tertiary/aromatic N) is 2. The van der Waals surface area contributed by atoms with Gasteiger partial charge in [0.15, 0.2) is 5.96 Å². The summed E-state index contributed by atoms with van der Waals surface area (Å²) in [4.78, 5) is 10.2. The molecule has 0 spiro atoms. The molecule has 0 aliphatic heterocycles. The van der Waals surface area contributed by atoms with Crippen molar-refractivity contribution in [2.45, 2.75) is 38.6 Å². The van der Waals surface area contributed by atoms with Crippen LogP contribution in [0.3, 0.4) is 0 Å². The van der Waals surface area contributed by atoms with Crippen LogP contribution in [0.1, 0.15) is 34.0 Å². The van der Waals surface area contributed by atoms with Crippen molar-refractivity contribution in [2.75, 3.05) is 13.6 Å².